The first kappa shape index (κ1) is 18.6. The summed E-state index contributed by atoms with van der Waals surface area (Å²) in [6.45, 7) is 0.0398. The molecule has 8 heteroatoms. The second-order valence-corrected chi connectivity index (χ2v) is 7.60. The van der Waals surface area contributed by atoms with Gasteiger partial charge in [-0.3, -0.25) is 9.59 Å². The molecule has 1 N–H and O–H groups in total. The second kappa shape index (κ2) is 8.93. The fourth-order valence-corrected chi connectivity index (χ4v) is 3.86. The average molecular weight is 407 g/mol. The predicted octanol–water partition coefficient (Wildman–Crippen LogP) is 3.93. The predicted molar refractivity (Wildman–Crippen MR) is 103 cm³/mol. The van der Waals surface area contributed by atoms with Crippen molar-refractivity contribution >= 4 is 46.2 Å². The molecule has 0 aliphatic heterocycles. The van der Waals surface area contributed by atoms with E-state index in [9.17, 15) is 9.59 Å². The molecule has 0 atom stereocenters. The van der Waals surface area contributed by atoms with Crippen LogP contribution in [0.2, 0.25) is 5.02 Å². The minimum atomic E-state index is -0.477. The lowest BCUT2D eigenvalue weighted by molar-refractivity contribution is -0.147. The van der Waals surface area contributed by atoms with E-state index in [1.807, 2.05) is 35.0 Å². The first-order valence-corrected chi connectivity index (χ1v) is 9.89. The van der Waals surface area contributed by atoms with E-state index in [0.29, 0.717) is 17.3 Å². The Kier molecular flexibility index (Phi) is 6.38. The number of benzene rings is 1. The van der Waals surface area contributed by atoms with Crippen LogP contribution in [0.15, 0.2) is 47.2 Å². The van der Waals surface area contributed by atoms with Crippen molar-refractivity contribution in [3.05, 3.63) is 63.4 Å². The van der Waals surface area contributed by atoms with Crippen LogP contribution in [-0.2, 0) is 27.3 Å². The lowest BCUT2D eigenvalue weighted by Crippen LogP contribution is -2.28. The Balaban J connectivity index is 1.41. The molecular formula is C18H15ClN2O3S2. The van der Waals surface area contributed by atoms with Crippen molar-refractivity contribution in [1.82, 2.24) is 10.3 Å². The van der Waals surface area contributed by atoms with Crippen LogP contribution in [0.3, 0.4) is 0 Å². The van der Waals surface area contributed by atoms with Crippen molar-refractivity contribution in [2.75, 3.05) is 6.61 Å². The van der Waals surface area contributed by atoms with E-state index >= 15 is 0 Å². The second-order valence-electron chi connectivity index (χ2n) is 5.36. The van der Waals surface area contributed by atoms with Gasteiger partial charge in [-0.2, -0.15) is 0 Å². The molecule has 1 amide bonds. The van der Waals surface area contributed by atoms with Crippen molar-refractivity contribution < 1.29 is 14.3 Å². The summed E-state index contributed by atoms with van der Waals surface area (Å²) < 4.78 is 5.01. The van der Waals surface area contributed by atoms with E-state index in [1.165, 1.54) is 11.3 Å². The summed E-state index contributed by atoms with van der Waals surface area (Å²) in [5, 5.41) is 8.01. The summed E-state index contributed by atoms with van der Waals surface area (Å²) in [6.07, 6.45) is 0.0480. The molecule has 0 unspecified atom stereocenters. The normalized spacial score (nSPS) is 10.5. The van der Waals surface area contributed by atoms with Crippen molar-refractivity contribution in [3.63, 3.8) is 0 Å². The minimum absolute atomic E-state index is 0.0480. The van der Waals surface area contributed by atoms with Gasteiger partial charge in [0.05, 0.1) is 17.0 Å². The fourth-order valence-electron chi connectivity index (χ4n) is 2.10. The number of halogens is 1. The zero-order valence-electron chi connectivity index (χ0n) is 13.6. The van der Waals surface area contributed by atoms with Gasteiger partial charge in [0.2, 0.25) is 0 Å². The van der Waals surface area contributed by atoms with Crippen LogP contribution in [0.25, 0.3) is 9.88 Å². The number of carbonyl (C=O) groups is 2. The van der Waals surface area contributed by atoms with Gasteiger partial charge in [0.15, 0.2) is 6.61 Å². The third kappa shape index (κ3) is 5.39. The Morgan fingerprint density at radius 1 is 1.15 bits per heavy atom. The molecule has 2 aromatic heterocycles. The van der Waals surface area contributed by atoms with Gasteiger partial charge in [-0.15, -0.1) is 22.7 Å². The Bertz CT molecular complexity index is 876. The summed E-state index contributed by atoms with van der Waals surface area (Å²) in [6, 6.07) is 11.1. The van der Waals surface area contributed by atoms with Crippen molar-refractivity contribution in [3.8, 4) is 9.88 Å². The van der Waals surface area contributed by atoms with Gasteiger partial charge in [0.25, 0.3) is 5.91 Å². The van der Waals surface area contributed by atoms with Gasteiger partial charge in [-0.25, -0.2) is 4.98 Å². The molecule has 3 aromatic rings. The molecule has 0 radical (unpaired) electrons. The van der Waals surface area contributed by atoms with E-state index in [1.54, 1.807) is 23.5 Å². The summed E-state index contributed by atoms with van der Waals surface area (Å²) in [5.74, 6) is -0.833. The largest absolute Gasteiger partial charge is 0.455 e. The van der Waals surface area contributed by atoms with Crippen LogP contribution in [0, 0.1) is 0 Å². The number of rotatable bonds is 7. The Morgan fingerprint density at radius 3 is 2.69 bits per heavy atom. The average Bonchev–Trinajstić information content (AvgIpc) is 3.31. The van der Waals surface area contributed by atoms with Crippen LogP contribution >= 0.6 is 34.3 Å². The van der Waals surface area contributed by atoms with E-state index < -0.39 is 5.97 Å². The van der Waals surface area contributed by atoms with Crippen LogP contribution in [-0.4, -0.2) is 23.5 Å². The number of carbonyl (C=O) groups excluding carboxylic acids is 2. The van der Waals surface area contributed by atoms with Crippen molar-refractivity contribution in [2.24, 2.45) is 0 Å². The first-order valence-electron chi connectivity index (χ1n) is 7.75. The van der Waals surface area contributed by atoms with E-state index in [0.717, 1.165) is 15.4 Å². The van der Waals surface area contributed by atoms with E-state index in [2.05, 4.69) is 10.3 Å². The molecule has 0 aliphatic carbocycles. The molecule has 0 spiro atoms. The maximum Gasteiger partial charge on any atom is 0.312 e. The van der Waals surface area contributed by atoms with Crippen molar-refractivity contribution in [1.29, 1.82) is 0 Å². The van der Waals surface area contributed by atoms with Gasteiger partial charge in [0.1, 0.15) is 5.01 Å². The molecule has 26 heavy (non-hydrogen) atoms. The number of hydrogen-bond donors (Lipinski definition) is 1. The monoisotopic (exact) mass is 406 g/mol. The van der Waals surface area contributed by atoms with Gasteiger partial charge in [-0.05, 0) is 29.1 Å². The number of nitrogens with one attached hydrogen (secondary N) is 1. The Hall–Kier alpha value is -2.22. The quantitative estimate of drug-likeness (QED) is 0.603. The zero-order chi connectivity index (χ0) is 18.4. The number of aromatic nitrogens is 1. The molecule has 1 aromatic carbocycles. The van der Waals surface area contributed by atoms with E-state index in [4.69, 9.17) is 16.3 Å². The van der Waals surface area contributed by atoms with Crippen LogP contribution < -0.4 is 5.32 Å². The molecule has 0 bridgehead atoms. The molecular weight excluding hydrogens is 392 g/mol. The highest BCUT2D eigenvalue weighted by Crippen LogP contribution is 2.27. The number of amides is 1. The number of ether oxygens (including phenoxy) is 1. The Labute approximate surface area is 163 Å². The molecule has 5 nitrogen and oxygen atoms in total. The molecule has 2 heterocycles. The maximum atomic E-state index is 11.9. The highest BCUT2D eigenvalue weighted by atomic mass is 35.5. The molecule has 0 aliphatic rings. The minimum Gasteiger partial charge on any atom is -0.455 e. The number of thiazole rings is 1. The van der Waals surface area contributed by atoms with Gasteiger partial charge < -0.3 is 10.1 Å². The summed E-state index contributed by atoms with van der Waals surface area (Å²) in [7, 11) is 0. The lowest BCUT2D eigenvalue weighted by atomic mass is 10.2. The molecule has 0 fully saturated rings. The molecule has 0 saturated heterocycles. The third-order valence-corrected chi connectivity index (χ3v) is 5.56. The van der Waals surface area contributed by atoms with Gasteiger partial charge >= 0.3 is 5.97 Å². The highest BCUT2D eigenvalue weighted by molar-refractivity contribution is 7.20. The summed E-state index contributed by atoms with van der Waals surface area (Å²) in [4.78, 5) is 29.1. The zero-order valence-corrected chi connectivity index (χ0v) is 16.0. The summed E-state index contributed by atoms with van der Waals surface area (Å²) in [5.41, 5.74) is 1.56. The van der Waals surface area contributed by atoms with Crippen molar-refractivity contribution in [2.45, 2.75) is 13.0 Å². The number of esters is 1. The van der Waals surface area contributed by atoms with Gasteiger partial charge in [-0.1, -0.05) is 29.8 Å². The fraction of sp³-hybridized carbons (Fsp3) is 0.167. The maximum absolute atomic E-state index is 11.9. The number of hydrogen-bond acceptors (Lipinski definition) is 6. The molecule has 3 rings (SSSR count). The molecule has 0 saturated carbocycles. The number of nitrogens with zero attached hydrogens (tertiary/aromatic N) is 1. The first-order chi connectivity index (χ1) is 12.6. The smallest absolute Gasteiger partial charge is 0.312 e. The molecule has 134 valence electrons. The lowest BCUT2D eigenvalue weighted by Gasteiger charge is -2.06. The third-order valence-electron chi connectivity index (χ3n) is 3.38. The van der Waals surface area contributed by atoms with Crippen LogP contribution in [0.5, 0.6) is 0 Å². The number of thiophene rings is 1. The SMILES string of the molecule is O=C(COC(=O)Cc1csc(-c2cccs2)n1)NCc1ccc(Cl)cc1. The highest BCUT2D eigenvalue weighted by Gasteiger charge is 2.12. The van der Waals surface area contributed by atoms with Gasteiger partial charge in [0, 0.05) is 16.9 Å². The summed E-state index contributed by atoms with van der Waals surface area (Å²) >= 11 is 8.89. The van der Waals surface area contributed by atoms with Crippen LogP contribution in [0.4, 0.5) is 0 Å². The standard InChI is InChI=1S/C18H15ClN2O3S2/c19-13-5-3-12(4-6-13)9-20-16(22)10-24-17(23)8-14-11-26-18(21-14)15-2-1-7-25-15/h1-7,11H,8-10H2,(H,20,22). The van der Waals surface area contributed by atoms with Crippen LogP contribution in [0.1, 0.15) is 11.3 Å². The topological polar surface area (TPSA) is 68.3 Å². The van der Waals surface area contributed by atoms with E-state index in [-0.39, 0.29) is 18.9 Å². The Morgan fingerprint density at radius 2 is 1.96 bits per heavy atom.